The molecule has 4 heteroatoms. The van der Waals surface area contributed by atoms with Crippen molar-refractivity contribution in [2.24, 2.45) is 0 Å². The van der Waals surface area contributed by atoms with Crippen LogP contribution in [0.5, 0.6) is 0 Å². The first-order valence-electron chi connectivity index (χ1n) is 5.54. The Morgan fingerprint density at radius 1 is 1.33 bits per heavy atom. The standard InChI is InChI=1S/C14H14O4/c1-18-14(13(16)17)8-11(7-12(15)9-14)10-5-3-2-4-6-10/h2-7,9,15H,8H2,1H3,(H,16,17). The van der Waals surface area contributed by atoms with Crippen LogP contribution in [-0.2, 0) is 9.53 Å². The van der Waals surface area contributed by atoms with Gasteiger partial charge in [0.2, 0.25) is 0 Å². The van der Waals surface area contributed by atoms with Crippen LogP contribution in [0.15, 0.2) is 48.2 Å². The minimum atomic E-state index is -1.50. The molecule has 0 amide bonds. The Morgan fingerprint density at radius 3 is 2.56 bits per heavy atom. The molecule has 0 saturated heterocycles. The number of hydrogen-bond acceptors (Lipinski definition) is 3. The van der Waals surface area contributed by atoms with E-state index >= 15 is 0 Å². The number of allylic oxidation sites excluding steroid dienone is 1. The Balaban J connectivity index is 2.42. The van der Waals surface area contributed by atoms with E-state index in [1.807, 2.05) is 30.3 Å². The summed E-state index contributed by atoms with van der Waals surface area (Å²) >= 11 is 0. The average Bonchev–Trinajstić information content (AvgIpc) is 2.38. The monoisotopic (exact) mass is 246 g/mol. The maximum atomic E-state index is 11.3. The Bertz CT molecular complexity index is 516. The van der Waals surface area contributed by atoms with E-state index in [1.54, 1.807) is 6.08 Å². The summed E-state index contributed by atoms with van der Waals surface area (Å²) < 4.78 is 5.09. The number of carbonyl (C=O) groups is 1. The highest BCUT2D eigenvalue weighted by Crippen LogP contribution is 2.34. The number of rotatable bonds is 3. The first kappa shape index (κ1) is 12.4. The highest BCUT2D eigenvalue weighted by Gasteiger charge is 2.40. The predicted octanol–water partition coefficient (Wildman–Crippen LogP) is 2.39. The molecule has 0 bridgehead atoms. The molecule has 0 aromatic heterocycles. The normalized spacial score (nSPS) is 23.2. The number of benzene rings is 1. The summed E-state index contributed by atoms with van der Waals surface area (Å²) in [4.78, 5) is 11.3. The Morgan fingerprint density at radius 2 is 2.00 bits per heavy atom. The fourth-order valence-corrected chi connectivity index (χ4v) is 2.04. The van der Waals surface area contributed by atoms with Crippen molar-refractivity contribution in [2.75, 3.05) is 7.11 Å². The number of carboxylic acids is 1. The molecule has 1 unspecified atom stereocenters. The topological polar surface area (TPSA) is 66.8 Å². The van der Waals surface area contributed by atoms with Crippen LogP contribution < -0.4 is 0 Å². The summed E-state index contributed by atoms with van der Waals surface area (Å²) in [5.41, 5.74) is 0.115. The molecule has 18 heavy (non-hydrogen) atoms. The number of ether oxygens (including phenoxy) is 1. The van der Waals surface area contributed by atoms with Gasteiger partial charge < -0.3 is 14.9 Å². The molecule has 2 N–H and O–H groups in total. The third kappa shape index (κ3) is 2.15. The van der Waals surface area contributed by atoms with Crippen molar-refractivity contribution in [1.82, 2.24) is 0 Å². The third-order valence-corrected chi connectivity index (χ3v) is 3.03. The molecular weight excluding hydrogens is 232 g/mol. The summed E-state index contributed by atoms with van der Waals surface area (Å²) in [6.07, 6.45) is 2.98. The fourth-order valence-electron chi connectivity index (χ4n) is 2.04. The van der Waals surface area contributed by atoms with Crippen LogP contribution in [0.4, 0.5) is 0 Å². The molecule has 1 atom stereocenters. The number of aliphatic hydroxyl groups excluding tert-OH is 1. The van der Waals surface area contributed by atoms with E-state index < -0.39 is 11.6 Å². The van der Waals surface area contributed by atoms with Crippen molar-refractivity contribution < 1.29 is 19.7 Å². The molecule has 0 aliphatic heterocycles. The molecule has 1 aromatic carbocycles. The van der Waals surface area contributed by atoms with Gasteiger partial charge in [0.25, 0.3) is 0 Å². The molecule has 0 fully saturated rings. The fraction of sp³-hybridized carbons (Fsp3) is 0.214. The molecule has 1 aliphatic carbocycles. The molecule has 0 heterocycles. The number of hydrogen-bond donors (Lipinski definition) is 2. The van der Waals surface area contributed by atoms with Crippen molar-refractivity contribution in [3.8, 4) is 0 Å². The van der Waals surface area contributed by atoms with Gasteiger partial charge in [0.1, 0.15) is 5.76 Å². The molecule has 0 saturated carbocycles. The second-order valence-corrected chi connectivity index (χ2v) is 4.18. The van der Waals surface area contributed by atoms with Gasteiger partial charge in [0.05, 0.1) is 0 Å². The molecular formula is C14H14O4. The lowest BCUT2D eigenvalue weighted by molar-refractivity contribution is -0.156. The summed E-state index contributed by atoms with van der Waals surface area (Å²) in [5, 5.41) is 19.0. The van der Waals surface area contributed by atoms with E-state index in [0.29, 0.717) is 0 Å². The minimum Gasteiger partial charge on any atom is -0.508 e. The van der Waals surface area contributed by atoms with Crippen LogP contribution in [0.2, 0.25) is 0 Å². The van der Waals surface area contributed by atoms with Gasteiger partial charge in [-0.2, -0.15) is 0 Å². The maximum absolute atomic E-state index is 11.3. The van der Waals surface area contributed by atoms with Crippen molar-refractivity contribution >= 4 is 11.5 Å². The zero-order valence-corrected chi connectivity index (χ0v) is 9.96. The number of carboxylic acid groups (broad SMARTS) is 1. The van der Waals surface area contributed by atoms with E-state index in [4.69, 9.17) is 4.74 Å². The van der Waals surface area contributed by atoms with Gasteiger partial charge in [0.15, 0.2) is 5.60 Å². The zero-order valence-electron chi connectivity index (χ0n) is 9.96. The van der Waals surface area contributed by atoms with Crippen molar-refractivity contribution in [1.29, 1.82) is 0 Å². The van der Waals surface area contributed by atoms with Crippen LogP contribution in [0.1, 0.15) is 12.0 Å². The Labute approximate surface area is 105 Å². The summed E-state index contributed by atoms with van der Waals surface area (Å²) in [6.45, 7) is 0. The molecule has 0 radical (unpaired) electrons. The highest BCUT2D eigenvalue weighted by molar-refractivity contribution is 5.86. The van der Waals surface area contributed by atoms with Gasteiger partial charge >= 0.3 is 5.97 Å². The molecule has 1 aliphatic rings. The smallest absolute Gasteiger partial charge is 0.340 e. The van der Waals surface area contributed by atoms with Gasteiger partial charge in [-0.15, -0.1) is 0 Å². The van der Waals surface area contributed by atoms with Crippen LogP contribution in [0.25, 0.3) is 5.57 Å². The Hall–Kier alpha value is -2.07. The number of aliphatic hydroxyl groups is 1. The summed E-state index contributed by atoms with van der Waals surface area (Å²) in [7, 11) is 1.33. The average molecular weight is 246 g/mol. The second kappa shape index (κ2) is 4.66. The molecule has 0 spiro atoms. The van der Waals surface area contributed by atoms with Crippen LogP contribution in [0, 0.1) is 0 Å². The first-order valence-corrected chi connectivity index (χ1v) is 5.54. The number of methoxy groups -OCH3 is 1. The van der Waals surface area contributed by atoms with Gasteiger partial charge in [0, 0.05) is 19.6 Å². The minimum absolute atomic E-state index is 0.0932. The Kier molecular flexibility index (Phi) is 3.21. The van der Waals surface area contributed by atoms with E-state index in [-0.39, 0.29) is 12.2 Å². The van der Waals surface area contributed by atoms with Gasteiger partial charge in [-0.3, -0.25) is 0 Å². The summed E-state index contributed by atoms with van der Waals surface area (Å²) in [5.74, 6) is -1.21. The van der Waals surface area contributed by atoms with Gasteiger partial charge in [-0.05, 0) is 17.2 Å². The second-order valence-electron chi connectivity index (χ2n) is 4.18. The van der Waals surface area contributed by atoms with Crippen molar-refractivity contribution in [3.63, 3.8) is 0 Å². The molecule has 94 valence electrons. The van der Waals surface area contributed by atoms with E-state index in [1.165, 1.54) is 13.2 Å². The quantitative estimate of drug-likeness (QED) is 0.859. The van der Waals surface area contributed by atoms with Crippen LogP contribution in [0.3, 0.4) is 0 Å². The van der Waals surface area contributed by atoms with E-state index in [9.17, 15) is 15.0 Å². The predicted molar refractivity (Wildman–Crippen MR) is 67.1 cm³/mol. The van der Waals surface area contributed by atoms with E-state index in [2.05, 4.69) is 0 Å². The van der Waals surface area contributed by atoms with Crippen molar-refractivity contribution in [3.05, 3.63) is 53.8 Å². The maximum Gasteiger partial charge on any atom is 0.340 e. The van der Waals surface area contributed by atoms with Crippen LogP contribution in [-0.4, -0.2) is 28.9 Å². The van der Waals surface area contributed by atoms with E-state index in [0.717, 1.165) is 11.1 Å². The lowest BCUT2D eigenvalue weighted by Crippen LogP contribution is -2.40. The first-order chi connectivity index (χ1) is 8.57. The molecule has 4 nitrogen and oxygen atoms in total. The number of aliphatic carboxylic acids is 1. The zero-order chi connectivity index (χ0) is 13.2. The van der Waals surface area contributed by atoms with Gasteiger partial charge in [-0.25, -0.2) is 4.79 Å². The molecule has 2 rings (SSSR count). The summed E-state index contributed by atoms with van der Waals surface area (Å²) in [6, 6.07) is 9.34. The molecule has 1 aromatic rings. The van der Waals surface area contributed by atoms with Crippen molar-refractivity contribution in [2.45, 2.75) is 12.0 Å². The largest absolute Gasteiger partial charge is 0.508 e. The SMILES string of the molecule is COC1(C(=O)O)C=C(O)C=C(c2ccccc2)C1. The lowest BCUT2D eigenvalue weighted by atomic mass is 9.85. The van der Waals surface area contributed by atoms with Gasteiger partial charge in [-0.1, -0.05) is 30.3 Å². The third-order valence-electron chi connectivity index (χ3n) is 3.03. The lowest BCUT2D eigenvalue weighted by Gasteiger charge is -2.28. The van der Waals surface area contributed by atoms with Crippen LogP contribution >= 0.6 is 0 Å². The highest BCUT2D eigenvalue weighted by atomic mass is 16.5.